The summed E-state index contributed by atoms with van der Waals surface area (Å²) < 4.78 is 5.99. The molecule has 0 radical (unpaired) electrons. The number of furan rings is 1. The molecule has 1 aromatic carbocycles. The molecule has 94 valence electrons. The van der Waals surface area contributed by atoms with Crippen molar-refractivity contribution < 1.29 is 4.42 Å². The van der Waals surface area contributed by atoms with Crippen LogP contribution in [0.15, 0.2) is 22.6 Å². The van der Waals surface area contributed by atoms with Gasteiger partial charge in [-0.05, 0) is 50.3 Å². The predicted molar refractivity (Wildman–Crippen MR) is 74.3 cm³/mol. The average Bonchev–Trinajstić information content (AvgIpc) is 3.05. The summed E-state index contributed by atoms with van der Waals surface area (Å²) in [5.41, 5.74) is 3.95. The van der Waals surface area contributed by atoms with E-state index in [0.717, 1.165) is 12.0 Å². The van der Waals surface area contributed by atoms with Crippen LogP contribution in [0.3, 0.4) is 0 Å². The van der Waals surface area contributed by atoms with Gasteiger partial charge in [0, 0.05) is 36.1 Å². The maximum Gasteiger partial charge on any atom is 0.134 e. The third kappa shape index (κ3) is 1.55. The maximum atomic E-state index is 5.99. The highest BCUT2D eigenvalue weighted by molar-refractivity contribution is 5.86. The van der Waals surface area contributed by atoms with E-state index in [9.17, 15) is 0 Å². The maximum absolute atomic E-state index is 5.99. The summed E-state index contributed by atoms with van der Waals surface area (Å²) in [4.78, 5) is 2.50. The molecule has 1 aromatic heterocycles. The molecule has 0 saturated carbocycles. The number of anilines is 1. The molecular weight excluding hydrogens is 222 g/mol. The summed E-state index contributed by atoms with van der Waals surface area (Å²) in [7, 11) is 0. The van der Waals surface area contributed by atoms with E-state index in [1.165, 1.54) is 67.6 Å². The SMILES string of the molecule is c1cc2oc3c(c2cc1N1CCCC1)CCCC3. The van der Waals surface area contributed by atoms with Gasteiger partial charge in [0.1, 0.15) is 11.3 Å². The lowest BCUT2D eigenvalue weighted by molar-refractivity contribution is 0.506. The number of rotatable bonds is 1. The van der Waals surface area contributed by atoms with Crippen molar-refractivity contribution in [3.8, 4) is 0 Å². The van der Waals surface area contributed by atoms with Crippen molar-refractivity contribution in [2.45, 2.75) is 38.5 Å². The fourth-order valence-corrected chi connectivity index (χ4v) is 3.42. The number of nitrogens with zero attached hydrogens (tertiary/aromatic N) is 1. The Morgan fingerprint density at radius 3 is 2.67 bits per heavy atom. The monoisotopic (exact) mass is 241 g/mol. The first kappa shape index (κ1) is 10.5. The normalized spacial score (nSPS) is 19.4. The lowest BCUT2D eigenvalue weighted by Gasteiger charge is -2.17. The summed E-state index contributed by atoms with van der Waals surface area (Å²) in [6, 6.07) is 6.75. The smallest absolute Gasteiger partial charge is 0.134 e. The van der Waals surface area contributed by atoms with Crippen LogP contribution in [0.2, 0.25) is 0 Å². The van der Waals surface area contributed by atoms with Gasteiger partial charge in [0.25, 0.3) is 0 Å². The highest BCUT2D eigenvalue weighted by Gasteiger charge is 2.19. The van der Waals surface area contributed by atoms with Gasteiger partial charge in [-0.1, -0.05) is 0 Å². The second kappa shape index (κ2) is 4.04. The van der Waals surface area contributed by atoms with Crippen molar-refractivity contribution in [3.05, 3.63) is 29.5 Å². The van der Waals surface area contributed by atoms with E-state index >= 15 is 0 Å². The number of hydrogen-bond donors (Lipinski definition) is 0. The molecule has 1 aliphatic carbocycles. The molecule has 18 heavy (non-hydrogen) atoms. The standard InChI is InChI=1S/C16H19NO/c1-2-6-15-13(5-1)14-11-12(7-8-16(14)18-15)17-9-3-4-10-17/h7-8,11H,1-6,9-10H2. The van der Waals surface area contributed by atoms with Gasteiger partial charge in [0.15, 0.2) is 0 Å². The van der Waals surface area contributed by atoms with Crippen LogP contribution in [0.5, 0.6) is 0 Å². The van der Waals surface area contributed by atoms with Crippen LogP contribution < -0.4 is 4.90 Å². The first-order valence-corrected chi connectivity index (χ1v) is 7.21. The van der Waals surface area contributed by atoms with E-state index in [4.69, 9.17) is 4.42 Å². The summed E-state index contributed by atoms with van der Waals surface area (Å²) in [6.07, 6.45) is 7.60. The van der Waals surface area contributed by atoms with Crippen molar-refractivity contribution >= 4 is 16.7 Å². The van der Waals surface area contributed by atoms with E-state index in [2.05, 4.69) is 23.1 Å². The van der Waals surface area contributed by atoms with Gasteiger partial charge < -0.3 is 9.32 Å². The second-order valence-electron chi connectivity index (χ2n) is 5.59. The Labute approximate surface area is 108 Å². The molecule has 0 bridgehead atoms. The molecule has 1 aliphatic heterocycles. The van der Waals surface area contributed by atoms with Crippen molar-refractivity contribution in [3.63, 3.8) is 0 Å². The van der Waals surface area contributed by atoms with Gasteiger partial charge in [-0.15, -0.1) is 0 Å². The largest absolute Gasteiger partial charge is 0.461 e. The average molecular weight is 241 g/mol. The topological polar surface area (TPSA) is 16.4 Å². The predicted octanol–water partition coefficient (Wildman–Crippen LogP) is 3.91. The van der Waals surface area contributed by atoms with Gasteiger partial charge in [0.2, 0.25) is 0 Å². The number of fused-ring (bicyclic) bond motifs is 3. The van der Waals surface area contributed by atoms with Crippen LogP contribution in [0, 0.1) is 0 Å². The minimum Gasteiger partial charge on any atom is -0.461 e. The zero-order chi connectivity index (χ0) is 11.9. The van der Waals surface area contributed by atoms with Gasteiger partial charge >= 0.3 is 0 Å². The Morgan fingerprint density at radius 2 is 1.78 bits per heavy atom. The van der Waals surface area contributed by atoms with E-state index < -0.39 is 0 Å². The molecule has 2 aromatic rings. The Balaban J connectivity index is 1.83. The van der Waals surface area contributed by atoms with Crippen molar-refractivity contribution in [1.82, 2.24) is 0 Å². The van der Waals surface area contributed by atoms with Crippen LogP contribution in [-0.2, 0) is 12.8 Å². The van der Waals surface area contributed by atoms with Crippen LogP contribution in [0.25, 0.3) is 11.0 Å². The van der Waals surface area contributed by atoms with Crippen LogP contribution in [0.1, 0.15) is 37.0 Å². The molecule has 2 aliphatic rings. The van der Waals surface area contributed by atoms with Crippen molar-refractivity contribution in [2.24, 2.45) is 0 Å². The zero-order valence-corrected chi connectivity index (χ0v) is 10.7. The first-order valence-electron chi connectivity index (χ1n) is 7.21. The zero-order valence-electron chi connectivity index (χ0n) is 10.7. The molecule has 0 amide bonds. The Kier molecular flexibility index (Phi) is 2.35. The third-order valence-electron chi connectivity index (χ3n) is 4.41. The Morgan fingerprint density at radius 1 is 0.944 bits per heavy atom. The Hall–Kier alpha value is -1.44. The quantitative estimate of drug-likeness (QED) is 0.752. The lowest BCUT2D eigenvalue weighted by Crippen LogP contribution is -2.17. The lowest BCUT2D eigenvalue weighted by atomic mass is 9.96. The molecule has 4 rings (SSSR count). The molecular formula is C16H19NO. The molecule has 1 saturated heterocycles. The van der Waals surface area contributed by atoms with Crippen LogP contribution in [-0.4, -0.2) is 13.1 Å². The van der Waals surface area contributed by atoms with Crippen molar-refractivity contribution in [1.29, 1.82) is 0 Å². The second-order valence-corrected chi connectivity index (χ2v) is 5.59. The van der Waals surface area contributed by atoms with Crippen LogP contribution >= 0.6 is 0 Å². The highest BCUT2D eigenvalue weighted by atomic mass is 16.3. The van der Waals surface area contributed by atoms with Crippen molar-refractivity contribution in [2.75, 3.05) is 18.0 Å². The molecule has 0 N–H and O–H groups in total. The fourth-order valence-electron chi connectivity index (χ4n) is 3.42. The van der Waals surface area contributed by atoms with Gasteiger partial charge in [-0.25, -0.2) is 0 Å². The van der Waals surface area contributed by atoms with Gasteiger partial charge in [-0.3, -0.25) is 0 Å². The first-order chi connectivity index (χ1) is 8.92. The van der Waals surface area contributed by atoms with Gasteiger partial charge in [0.05, 0.1) is 0 Å². The molecule has 2 heteroatoms. The summed E-state index contributed by atoms with van der Waals surface area (Å²) in [5, 5.41) is 1.37. The molecule has 0 spiro atoms. The Bertz CT molecular complexity index is 578. The molecule has 0 unspecified atom stereocenters. The fraction of sp³-hybridized carbons (Fsp3) is 0.500. The van der Waals surface area contributed by atoms with E-state index in [-0.39, 0.29) is 0 Å². The van der Waals surface area contributed by atoms with E-state index in [1.807, 2.05) is 0 Å². The molecule has 2 nitrogen and oxygen atoms in total. The number of benzene rings is 1. The third-order valence-corrected chi connectivity index (χ3v) is 4.41. The van der Waals surface area contributed by atoms with Crippen LogP contribution in [0.4, 0.5) is 5.69 Å². The van der Waals surface area contributed by atoms with E-state index in [0.29, 0.717) is 0 Å². The molecule has 2 heterocycles. The van der Waals surface area contributed by atoms with Gasteiger partial charge in [-0.2, -0.15) is 0 Å². The van der Waals surface area contributed by atoms with E-state index in [1.54, 1.807) is 0 Å². The minimum atomic E-state index is 1.09. The number of hydrogen-bond acceptors (Lipinski definition) is 2. The molecule has 0 atom stereocenters. The summed E-state index contributed by atoms with van der Waals surface area (Å²) in [6.45, 7) is 2.43. The number of aryl methyl sites for hydroxylation is 2. The summed E-state index contributed by atoms with van der Waals surface area (Å²) >= 11 is 0. The highest BCUT2D eigenvalue weighted by Crippen LogP contribution is 2.34. The minimum absolute atomic E-state index is 1.09. The summed E-state index contributed by atoms with van der Waals surface area (Å²) in [5.74, 6) is 1.25. The molecule has 1 fully saturated rings.